The number of benzene rings is 1. The standard InChI is InChI=1S/C22H30N2O6/c1-16(2)15-19(24-20(25)17-5-3-4-6-18(17)21(24)26)22(27)23-7-9-28-11-13-30-14-12-29-10-8-23/h3-6,16,19H,7-15H2,1-2H3. The first-order valence-electron chi connectivity index (χ1n) is 10.5. The van der Waals surface area contributed by atoms with Crippen LogP contribution in [-0.4, -0.2) is 86.3 Å². The Morgan fingerprint density at radius 2 is 1.33 bits per heavy atom. The second-order valence-corrected chi connectivity index (χ2v) is 7.83. The van der Waals surface area contributed by atoms with Crippen molar-refractivity contribution in [1.29, 1.82) is 0 Å². The molecule has 3 amide bonds. The molecule has 0 radical (unpaired) electrons. The van der Waals surface area contributed by atoms with Crippen LogP contribution in [0, 0.1) is 5.92 Å². The van der Waals surface area contributed by atoms with E-state index in [0.29, 0.717) is 70.3 Å². The number of ether oxygens (including phenoxy) is 3. The van der Waals surface area contributed by atoms with E-state index in [1.165, 1.54) is 0 Å². The van der Waals surface area contributed by atoms with Gasteiger partial charge >= 0.3 is 0 Å². The van der Waals surface area contributed by atoms with Crippen molar-refractivity contribution in [1.82, 2.24) is 9.80 Å². The molecular weight excluding hydrogens is 388 g/mol. The Bertz CT molecular complexity index is 719. The van der Waals surface area contributed by atoms with Crippen molar-refractivity contribution in [3.63, 3.8) is 0 Å². The Kier molecular flexibility index (Phi) is 7.95. The van der Waals surface area contributed by atoms with Crippen LogP contribution in [0.4, 0.5) is 0 Å². The van der Waals surface area contributed by atoms with Crippen molar-refractivity contribution in [3.05, 3.63) is 35.4 Å². The maximum Gasteiger partial charge on any atom is 0.262 e. The number of fused-ring (bicyclic) bond motifs is 1. The Morgan fingerprint density at radius 1 is 0.867 bits per heavy atom. The SMILES string of the molecule is CC(C)CC(C(=O)N1CCOCCOCCOCC1)N1C(=O)c2ccccc2C1=O. The molecule has 2 aliphatic heterocycles. The Labute approximate surface area is 177 Å². The molecule has 3 rings (SSSR count). The second-order valence-electron chi connectivity index (χ2n) is 7.83. The van der Waals surface area contributed by atoms with Crippen molar-refractivity contribution < 1.29 is 28.6 Å². The van der Waals surface area contributed by atoms with Gasteiger partial charge in [-0.25, -0.2) is 0 Å². The fraction of sp³-hybridized carbons (Fsp3) is 0.591. The summed E-state index contributed by atoms with van der Waals surface area (Å²) in [6, 6.07) is 5.86. The average Bonchev–Trinajstić information content (AvgIpc) is 2.97. The van der Waals surface area contributed by atoms with Gasteiger partial charge in [0.05, 0.1) is 50.8 Å². The van der Waals surface area contributed by atoms with Crippen LogP contribution in [0.5, 0.6) is 0 Å². The van der Waals surface area contributed by atoms with Crippen LogP contribution in [0.2, 0.25) is 0 Å². The van der Waals surface area contributed by atoms with E-state index in [-0.39, 0.29) is 11.8 Å². The zero-order valence-electron chi connectivity index (χ0n) is 17.7. The number of nitrogens with zero attached hydrogens (tertiary/aromatic N) is 2. The molecule has 164 valence electrons. The van der Waals surface area contributed by atoms with Gasteiger partial charge in [-0.3, -0.25) is 19.3 Å². The van der Waals surface area contributed by atoms with Crippen LogP contribution < -0.4 is 0 Å². The van der Waals surface area contributed by atoms with Crippen molar-refractivity contribution in [2.75, 3.05) is 52.7 Å². The summed E-state index contributed by atoms with van der Waals surface area (Å²) in [5.74, 6) is -0.943. The van der Waals surface area contributed by atoms with Crippen LogP contribution in [0.25, 0.3) is 0 Å². The van der Waals surface area contributed by atoms with Gasteiger partial charge in [-0.05, 0) is 24.5 Å². The predicted molar refractivity (Wildman–Crippen MR) is 109 cm³/mol. The first kappa shape index (κ1) is 22.4. The lowest BCUT2D eigenvalue weighted by Gasteiger charge is -2.32. The Balaban J connectivity index is 1.80. The van der Waals surface area contributed by atoms with Gasteiger partial charge in [0.2, 0.25) is 5.91 Å². The maximum atomic E-state index is 13.5. The molecule has 0 aromatic heterocycles. The van der Waals surface area contributed by atoms with Gasteiger partial charge in [0.1, 0.15) is 6.04 Å². The van der Waals surface area contributed by atoms with Crippen molar-refractivity contribution in [2.45, 2.75) is 26.3 Å². The van der Waals surface area contributed by atoms with Gasteiger partial charge in [0.25, 0.3) is 11.8 Å². The number of hydrogen-bond donors (Lipinski definition) is 0. The number of rotatable bonds is 4. The minimum Gasteiger partial charge on any atom is -0.377 e. The second kappa shape index (κ2) is 10.7. The average molecular weight is 418 g/mol. The summed E-state index contributed by atoms with van der Waals surface area (Å²) in [5, 5.41) is 0. The fourth-order valence-corrected chi connectivity index (χ4v) is 3.69. The lowest BCUT2D eigenvalue weighted by molar-refractivity contribution is -0.138. The fourth-order valence-electron chi connectivity index (χ4n) is 3.69. The molecule has 1 aromatic rings. The van der Waals surface area contributed by atoms with Crippen LogP contribution in [0.3, 0.4) is 0 Å². The zero-order chi connectivity index (χ0) is 21.5. The number of hydrogen-bond acceptors (Lipinski definition) is 6. The van der Waals surface area contributed by atoms with E-state index in [4.69, 9.17) is 14.2 Å². The molecule has 0 saturated carbocycles. The summed E-state index contributed by atoms with van der Waals surface area (Å²) in [6.45, 7) is 7.20. The molecule has 1 atom stereocenters. The lowest BCUT2D eigenvalue weighted by Crippen LogP contribution is -2.52. The van der Waals surface area contributed by atoms with E-state index in [1.807, 2.05) is 13.8 Å². The highest BCUT2D eigenvalue weighted by Gasteiger charge is 2.43. The highest BCUT2D eigenvalue weighted by atomic mass is 16.5. The number of amides is 3. The summed E-state index contributed by atoms with van der Waals surface area (Å²) < 4.78 is 16.5. The molecule has 1 saturated heterocycles. The highest BCUT2D eigenvalue weighted by molar-refractivity contribution is 6.22. The van der Waals surface area contributed by atoms with E-state index >= 15 is 0 Å². The molecule has 2 aliphatic rings. The van der Waals surface area contributed by atoms with Gasteiger partial charge in [0, 0.05) is 13.1 Å². The first-order valence-corrected chi connectivity index (χ1v) is 10.5. The molecular formula is C22H30N2O6. The molecule has 8 nitrogen and oxygen atoms in total. The van der Waals surface area contributed by atoms with Gasteiger partial charge in [-0.1, -0.05) is 26.0 Å². The molecule has 2 heterocycles. The van der Waals surface area contributed by atoms with E-state index in [0.717, 1.165) is 4.90 Å². The van der Waals surface area contributed by atoms with Crippen LogP contribution >= 0.6 is 0 Å². The summed E-state index contributed by atoms with van der Waals surface area (Å²) in [4.78, 5) is 42.3. The largest absolute Gasteiger partial charge is 0.377 e. The molecule has 1 unspecified atom stereocenters. The lowest BCUT2D eigenvalue weighted by atomic mass is 10.0. The van der Waals surface area contributed by atoms with Crippen molar-refractivity contribution in [2.24, 2.45) is 5.92 Å². The zero-order valence-corrected chi connectivity index (χ0v) is 17.7. The Morgan fingerprint density at radius 3 is 1.80 bits per heavy atom. The predicted octanol–water partition coefficient (Wildman–Crippen LogP) is 1.59. The van der Waals surface area contributed by atoms with Crippen LogP contribution in [-0.2, 0) is 19.0 Å². The molecule has 1 fully saturated rings. The smallest absolute Gasteiger partial charge is 0.262 e. The minimum absolute atomic E-state index is 0.125. The van der Waals surface area contributed by atoms with E-state index < -0.39 is 17.9 Å². The minimum atomic E-state index is -0.853. The number of imide groups is 1. The van der Waals surface area contributed by atoms with Gasteiger partial charge in [-0.15, -0.1) is 0 Å². The third-order valence-electron chi connectivity index (χ3n) is 5.18. The summed E-state index contributed by atoms with van der Waals surface area (Å²) in [5.41, 5.74) is 0.703. The summed E-state index contributed by atoms with van der Waals surface area (Å²) >= 11 is 0. The summed E-state index contributed by atoms with van der Waals surface area (Å²) in [7, 11) is 0. The molecule has 0 spiro atoms. The molecule has 0 aliphatic carbocycles. The van der Waals surface area contributed by atoms with E-state index in [2.05, 4.69) is 0 Å². The van der Waals surface area contributed by atoms with Crippen molar-refractivity contribution in [3.8, 4) is 0 Å². The van der Waals surface area contributed by atoms with Crippen molar-refractivity contribution >= 4 is 17.7 Å². The number of carbonyl (C=O) groups excluding carboxylic acids is 3. The molecule has 30 heavy (non-hydrogen) atoms. The normalized spacial score (nSPS) is 20.0. The van der Waals surface area contributed by atoms with Crippen LogP contribution in [0.15, 0.2) is 24.3 Å². The third kappa shape index (κ3) is 5.24. The van der Waals surface area contributed by atoms with E-state index in [9.17, 15) is 14.4 Å². The third-order valence-corrected chi connectivity index (χ3v) is 5.18. The number of carbonyl (C=O) groups is 3. The molecule has 8 heteroatoms. The molecule has 0 bridgehead atoms. The van der Waals surface area contributed by atoms with Crippen LogP contribution in [0.1, 0.15) is 41.0 Å². The monoisotopic (exact) mass is 418 g/mol. The molecule has 1 aromatic carbocycles. The van der Waals surface area contributed by atoms with Gasteiger partial charge < -0.3 is 19.1 Å². The Hall–Kier alpha value is -2.29. The maximum absolute atomic E-state index is 13.5. The molecule has 0 N–H and O–H groups in total. The summed E-state index contributed by atoms with van der Waals surface area (Å²) in [6.07, 6.45) is 0.399. The quantitative estimate of drug-likeness (QED) is 0.691. The topological polar surface area (TPSA) is 85.4 Å². The van der Waals surface area contributed by atoms with Gasteiger partial charge in [0.15, 0.2) is 0 Å². The highest BCUT2D eigenvalue weighted by Crippen LogP contribution is 2.27. The van der Waals surface area contributed by atoms with E-state index in [1.54, 1.807) is 29.2 Å². The first-order chi connectivity index (χ1) is 14.5. The van der Waals surface area contributed by atoms with Gasteiger partial charge in [-0.2, -0.15) is 0 Å².